The molecule has 1 aliphatic rings. The second-order valence-corrected chi connectivity index (χ2v) is 7.82. The van der Waals surface area contributed by atoms with Crippen LogP contribution in [0.25, 0.3) is 0 Å². The van der Waals surface area contributed by atoms with E-state index in [9.17, 15) is 9.90 Å². The number of aliphatic carboxylic acids is 1. The zero-order valence-corrected chi connectivity index (χ0v) is 18.0. The standard InChI is InChI=1S/C22H25Cl2NO4/c1-3-29-18-8-7-15(13-19(18)28-2)21(16-5-4-6-17(23)20(16)24)25-11-9-14(10-12-25)22(26)27/h4-8,13-14,21H,3,9-12H2,1-2H3,(H,26,27). The van der Waals surface area contributed by atoms with E-state index in [0.29, 0.717) is 54.1 Å². The van der Waals surface area contributed by atoms with Crippen molar-refractivity contribution in [2.24, 2.45) is 5.92 Å². The van der Waals surface area contributed by atoms with E-state index in [1.54, 1.807) is 13.2 Å². The molecular formula is C22H25Cl2NO4. The molecule has 156 valence electrons. The summed E-state index contributed by atoms with van der Waals surface area (Å²) in [5.41, 5.74) is 1.88. The molecule has 0 radical (unpaired) electrons. The Kier molecular flexibility index (Phi) is 7.28. The summed E-state index contributed by atoms with van der Waals surface area (Å²) in [5, 5.41) is 10.3. The van der Waals surface area contributed by atoms with Crippen LogP contribution in [-0.2, 0) is 4.79 Å². The van der Waals surface area contributed by atoms with E-state index in [0.717, 1.165) is 11.1 Å². The second-order valence-electron chi connectivity index (χ2n) is 7.04. The summed E-state index contributed by atoms with van der Waals surface area (Å²) >= 11 is 12.9. The summed E-state index contributed by atoms with van der Waals surface area (Å²) in [6.45, 7) is 3.77. The van der Waals surface area contributed by atoms with Gasteiger partial charge in [-0.3, -0.25) is 9.69 Å². The lowest BCUT2D eigenvalue weighted by Crippen LogP contribution is -2.39. The molecule has 1 N–H and O–H groups in total. The lowest BCUT2D eigenvalue weighted by atomic mass is 9.91. The van der Waals surface area contributed by atoms with Gasteiger partial charge in [-0.25, -0.2) is 0 Å². The topological polar surface area (TPSA) is 59.0 Å². The molecular weight excluding hydrogens is 413 g/mol. The average molecular weight is 438 g/mol. The first kappa shape index (κ1) is 21.8. The highest BCUT2D eigenvalue weighted by atomic mass is 35.5. The predicted molar refractivity (Wildman–Crippen MR) is 114 cm³/mol. The Hall–Kier alpha value is -1.95. The molecule has 5 nitrogen and oxygen atoms in total. The molecule has 29 heavy (non-hydrogen) atoms. The molecule has 0 saturated carbocycles. The van der Waals surface area contributed by atoms with E-state index < -0.39 is 5.97 Å². The third kappa shape index (κ3) is 4.80. The Morgan fingerprint density at radius 2 is 1.93 bits per heavy atom. The van der Waals surface area contributed by atoms with Crippen molar-refractivity contribution in [3.63, 3.8) is 0 Å². The van der Waals surface area contributed by atoms with Gasteiger partial charge in [0, 0.05) is 0 Å². The van der Waals surface area contributed by atoms with Crippen molar-refractivity contribution in [2.75, 3.05) is 26.8 Å². The van der Waals surface area contributed by atoms with E-state index in [4.69, 9.17) is 32.7 Å². The molecule has 0 spiro atoms. The maximum Gasteiger partial charge on any atom is 0.306 e. The lowest BCUT2D eigenvalue weighted by Gasteiger charge is -2.37. The molecule has 1 heterocycles. The summed E-state index contributed by atoms with van der Waals surface area (Å²) in [6, 6.07) is 11.3. The Morgan fingerprint density at radius 3 is 2.55 bits per heavy atom. The Bertz CT molecular complexity index is 866. The van der Waals surface area contributed by atoms with Crippen LogP contribution in [0.1, 0.15) is 36.9 Å². The molecule has 0 aliphatic carbocycles. The first-order chi connectivity index (χ1) is 14.0. The number of ether oxygens (including phenoxy) is 2. The van der Waals surface area contributed by atoms with Crippen LogP contribution in [0.3, 0.4) is 0 Å². The van der Waals surface area contributed by atoms with Gasteiger partial charge < -0.3 is 14.6 Å². The summed E-state index contributed by atoms with van der Waals surface area (Å²) in [4.78, 5) is 13.6. The first-order valence-electron chi connectivity index (χ1n) is 9.67. The Labute approximate surface area is 181 Å². The molecule has 3 rings (SSSR count). The zero-order chi connectivity index (χ0) is 21.0. The monoisotopic (exact) mass is 437 g/mol. The van der Waals surface area contributed by atoms with E-state index in [1.807, 2.05) is 37.3 Å². The van der Waals surface area contributed by atoms with Gasteiger partial charge in [-0.15, -0.1) is 0 Å². The first-order valence-corrected chi connectivity index (χ1v) is 10.4. The number of benzene rings is 2. The molecule has 1 atom stereocenters. The van der Waals surface area contributed by atoms with Gasteiger partial charge in [-0.05, 0) is 62.2 Å². The lowest BCUT2D eigenvalue weighted by molar-refractivity contribution is -0.143. The highest BCUT2D eigenvalue weighted by Crippen LogP contribution is 2.41. The average Bonchev–Trinajstić information content (AvgIpc) is 2.72. The van der Waals surface area contributed by atoms with Crippen LogP contribution in [0.2, 0.25) is 10.0 Å². The highest BCUT2D eigenvalue weighted by Gasteiger charge is 2.32. The summed E-state index contributed by atoms with van der Waals surface area (Å²) in [6.07, 6.45) is 1.19. The van der Waals surface area contributed by atoms with Gasteiger partial charge in [0.1, 0.15) is 0 Å². The number of carboxylic acid groups (broad SMARTS) is 1. The number of likely N-dealkylation sites (tertiary alicyclic amines) is 1. The number of piperidine rings is 1. The minimum absolute atomic E-state index is 0.166. The number of carbonyl (C=O) groups is 1. The molecule has 1 saturated heterocycles. The van der Waals surface area contributed by atoms with Crippen molar-refractivity contribution in [2.45, 2.75) is 25.8 Å². The largest absolute Gasteiger partial charge is 0.493 e. The Morgan fingerprint density at radius 1 is 1.21 bits per heavy atom. The van der Waals surface area contributed by atoms with Crippen molar-refractivity contribution >= 4 is 29.2 Å². The van der Waals surface area contributed by atoms with Gasteiger partial charge in [-0.1, -0.05) is 41.4 Å². The molecule has 0 amide bonds. The Balaban J connectivity index is 2.02. The van der Waals surface area contributed by atoms with Crippen molar-refractivity contribution in [1.29, 1.82) is 0 Å². The third-order valence-electron chi connectivity index (χ3n) is 5.32. The number of carboxylic acids is 1. The van der Waals surface area contributed by atoms with Gasteiger partial charge in [-0.2, -0.15) is 0 Å². The number of halogens is 2. The van der Waals surface area contributed by atoms with E-state index in [1.165, 1.54) is 0 Å². The van der Waals surface area contributed by atoms with Gasteiger partial charge in [0.25, 0.3) is 0 Å². The zero-order valence-electron chi connectivity index (χ0n) is 16.5. The normalized spacial score (nSPS) is 16.4. The summed E-state index contributed by atoms with van der Waals surface area (Å²) in [5.74, 6) is 0.286. The van der Waals surface area contributed by atoms with Crippen molar-refractivity contribution in [3.8, 4) is 11.5 Å². The van der Waals surface area contributed by atoms with Gasteiger partial charge in [0.2, 0.25) is 0 Å². The van der Waals surface area contributed by atoms with Crippen LogP contribution in [0, 0.1) is 5.92 Å². The fraction of sp³-hybridized carbons (Fsp3) is 0.409. The maximum absolute atomic E-state index is 11.4. The van der Waals surface area contributed by atoms with Gasteiger partial charge >= 0.3 is 5.97 Å². The minimum Gasteiger partial charge on any atom is -0.493 e. The molecule has 7 heteroatoms. The number of nitrogens with zero attached hydrogens (tertiary/aromatic N) is 1. The summed E-state index contributed by atoms with van der Waals surface area (Å²) in [7, 11) is 1.61. The molecule has 1 aliphatic heterocycles. The molecule has 1 unspecified atom stereocenters. The van der Waals surface area contributed by atoms with Crippen LogP contribution < -0.4 is 9.47 Å². The minimum atomic E-state index is -0.732. The fourth-order valence-corrected chi connectivity index (χ4v) is 4.26. The number of rotatable bonds is 7. The van der Waals surface area contributed by atoms with Gasteiger partial charge in [0.05, 0.1) is 35.7 Å². The van der Waals surface area contributed by atoms with Crippen LogP contribution in [-0.4, -0.2) is 42.8 Å². The third-order valence-corrected chi connectivity index (χ3v) is 6.16. The van der Waals surface area contributed by atoms with Crippen molar-refractivity contribution in [3.05, 3.63) is 57.6 Å². The van der Waals surface area contributed by atoms with Crippen molar-refractivity contribution in [1.82, 2.24) is 4.90 Å². The van der Waals surface area contributed by atoms with E-state index in [-0.39, 0.29) is 12.0 Å². The van der Waals surface area contributed by atoms with Crippen LogP contribution in [0.5, 0.6) is 11.5 Å². The van der Waals surface area contributed by atoms with E-state index in [2.05, 4.69) is 4.90 Å². The maximum atomic E-state index is 11.4. The summed E-state index contributed by atoms with van der Waals surface area (Å²) < 4.78 is 11.2. The van der Waals surface area contributed by atoms with Crippen LogP contribution in [0.15, 0.2) is 36.4 Å². The second kappa shape index (κ2) is 9.70. The van der Waals surface area contributed by atoms with Crippen LogP contribution >= 0.6 is 23.2 Å². The molecule has 2 aromatic carbocycles. The highest BCUT2D eigenvalue weighted by molar-refractivity contribution is 6.42. The molecule has 0 bridgehead atoms. The quantitative estimate of drug-likeness (QED) is 0.637. The number of methoxy groups -OCH3 is 1. The van der Waals surface area contributed by atoms with Crippen molar-refractivity contribution < 1.29 is 19.4 Å². The molecule has 0 aromatic heterocycles. The molecule has 2 aromatic rings. The SMILES string of the molecule is CCOc1ccc(C(c2cccc(Cl)c2Cl)N2CCC(C(=O)O)CC2)cc1OC. The smallest absolute Gasteiger partial charge is 0.306 e. The van der Waals surface area contributed by atoms with E-state index >= 15 is 0 Å². The van der Waals surface area contributed by atoms with Gasteiger partial charge in [0.15, 0.2) is 11.5 Å². The molecule has 1 fully saturated rings. The number of hydrogen-bond acceptors (Lipinski definition) is 4. The fourth-order valence-electron chi connectivity index (χ4n) is 3.85. The predicted octanol–water partition coefficient (Wildman–Crippen LogP) is 5.29. The van der Waals surface area contributed by atoms with Crippen LogP contribution in [0.4, 0.5) is 0 Å². The number of hydrogen-bond donors (Lipinski definition) is 1.